The molecule has 0 aliphatic rings. The molecular formula is C19H21N3O3. The van der Waals surface area contributed by atoms with Crippen molar-refractivity contribution in [1.29, 1.82) is 0 Å². The Kier molecular flexibility index (Phi) is 5.77. The predicted molar refractivity (Wildman–Crippen MR) is 94.0 cm³/mol. The first-order valence-electron chi connectivity index (χ1n) is 8.09. The summed E-state index contributed by atoms with van der Waals surface area (Å²) >= 11 is 0. The fourth-order valence-corrected chi connectivity index (χ4v) is 2.30. The van der Waals surface area contributed by atoms with Crippen molar-refractivity contribution in [2.24, 2.45) is 7.05 Å². The summed E-state index contributed by atoms with van der Waals surface area (Å²) < 4.78 is 12.7. The molecule has 0 aliphatic heterocycles. The highest BCUT2D eigenvalue weighted by Crippen LogP contribution is 2.19. The van der Waals surface area contributed by atoms with E-state index in [9.17, 15) is 5.11 Å². The van der Waals surface area contributed by atoms with E-state index in [1.807, 2.05) is 61.6 Å². The molecule has 1 unspecified atom stereocenters. The van der Waals surface area contributed by atoms with E-state index in [0.717, 1.165) is 11.1 Å². The van der Waals surface area contributed by atoms with E-state index in [-0.39, 0.29) is 13.2 Å². The lowest BCUT2D eigenvalue weighted by Crippen LogP contribution is -2.23. The van der Waals surface area contributed by atoms with Crippen molar-refractivity contribution in [3.8, 4) is 17.1 Å². The number of hydrogen-bond donors (Lipinski definition) is 1. The van der Waals surface area contributed by atoms with Crippen LogP contribution in [0.3, 0.4) is 0 Å². The quantitative estimate of drug-likeness (QED) is 0.683. The van der Waals surface area contributed by atoms with Gasteiger partial charge in [-0.2, -0.15) is 5.10 Å². The number of aryl methyl sites for hydroxylation is 1. The second-order valence-corrected chi connectivity index (χ2v) is 5.73. The molecule has 2 aromatic carbocycles. The first kappa shape index (κ1) is 17.1. The number of aliphatic hydroxyl groups is 1. The predicted octanol–water partition coefficient (Wildman–Crippen LogP) is 2.44. The molecule has 3 rings (SSSR count). The molecule has 6 heteroatoms. The van der Waals surface area contributed by atoms with Crippen LogP contribution in [-0.4, -0.2) is 39.2 Å². The van der Waals surface area contributed by atoms with Gasteiger partial charge in [-0.25, -0.2) is 4.98 Å². The number of ether oxygens (including phenoxy) is 2. The maximum atomic E-state index is 9.95. The van der Waals surface area contributed by atoms with Gasteiger partial charge in [-0.3, -0.25) is 4.68 Å². The maximum absolute atomic E-state index is 9.95. The van der Waals surface area contributed by atoms with Crippen LogP contribution in [0.1, 0.15) is 5.56 Å². The topological polar surface area (TPSA) is 69.4 Å². The SMILES string of the molecule is Cn1cnc(-c2ccc(OCC(O)COCc3ccccc3)cc2)n1. The lowest BCUT2D eigenvalue weighted by molar-refractivity contribution is 0.00549. The molecule has 0 bridgehead atoms. The number of aliphatic hydroxyl groups excluding tert-OH is 1. The van der Waals surface area contributed by atoms with Gasteiger partial charge in [0, 0.05) is 12.6 Å². The van der Waals surface area contributed by atoms with Crippen molar-refractivity contribution in [2.75, 3.05) is 13.2 Å². The summed E-state index contributed by atoms with van der Waals surface area (Å²) in [6.45, 7) is 0.879. The van der Waals surface area contributed by atoms with E-state index in [0.29, 0.717) is 18.2 Å². The Morgan fingerprint density at radius 3 is 2.48 bits per heavy atom. The summed E-state index contributed by atoms with van der Waals surface area (Å²) in [5.41, 5.74) is 1.99. The highest BCUT2D eigenvalue weighted by atomic mass is 16.5. The summed E-state index contributed by atoms with van der Waals surface area (Å²) in [6.07, 6.45) is 0.979. The molecule has 1 aromatic heterocycles. The summed E-state index contributed by atoms with van der Waals surface area (Å²) in [4.78, 5) is 4.20. The molecule has 0 fully saturated rings. The Labute approximate surface area is 146 Å². The van der Waals surface area contributed by atoms with E-state index in [4.69, 9.17) is 9.47 Å². The molecule has 1 N–H and O–H groups in total. The molecule has 6 nitrogen and oxygen atoms in total. The average molecular weight is 339 g/mol. The van der Waals surface area contributed by atoms with Crippen LogP contribution in [0, 0.1) is 0 Å². The monoisotopic (exact) mass is 339 g/mol. The van der Waals surface area contributed by atoms with Gasteiger partial charge in [-0.15, -0.1) is 0 Å². The largest absolute Gasteiger partial charge is 0.491 e. The number of nitrogens with zero attached hydrogens (tertiary/aromatic N) is 3. The minimum atomic E-state index is -0.680. The van der Waals surface area contributed by atoms with E-state index < -0.39 is 6.10 Å². The molecule has 0 spiro atoms. The third-order valence-electron chi connectivity index (χ3n) is 3.58. The zero-order valence-corrected chi connectivity index (χ0v) is 14.1. The van der Waals surface area contributed by atoms with Crippen LogP contribution < -0.4 is 4.74 Å². The Morgan fingerprint density at radius 2 is 1.80 bits per heavy atom. The highest BCUT2D eigenvalue weighted by molar-refractivity contribution is 5.55. The van der Waals surface area contributed by atoms with Gasteiger partial charge in [-0.1, -0.05) is 30.3 Å². The van der Waals surface area contributed by atoms with Crippen molar-refractivity contribution >= 4 is 0 Å². The van der Waals surface area contributed by atoms with Crippen molar-refractivity contribution in [3.63, 3.8) is 0 Å². The highest BCUT2D eigenvalue weighted by Gasteiger charge is 2.07. The van der Waals surface area contributed by atoms with Gasteiger partial charge < -0.3 is 14.6 Å². The van der Waals surface area contributed by atoms with Gasteiger partial charge in [0.15, 0.2) is 5.82 Å². The lowest BCUT2D eigenvalue weighted by atomic mass is 10.2. The molecule has 3 aromatic rings. The fourth-order valence-electron chi connectivity index (χ4n) is 2.30. The summed E-state index contributed by atoms with van der Waals surface area (Å²) in [6, 6.07) is 17.3. The van der Waals surface area contributed by atoms with Crippen LogP contribution in [0.15, 0.2) is 60.9 Å². The van der Waals surface area contributed by atoms with Gasteiger partial charge >= 0.3 is 0 Å². The standard InChI is InChI=1S/C19H21N3O3/c1-22-14-20-19(21-22)16-7-9-18(10-8-16)25-13-17(23)12-24-11-15-5-3-2-4-6-15/h2-10,14,17,23H,11-13H2,1H3. The number of benzene rings is 2. The van der Waals surface area contributed by atoms with Gasteiger partial charge in [0.05, 0.1) is 13.2 Å². The van der Waals surface area contributed by atoms with Gasteiger partial charge in [0.2, 0.25) is 0 Å². The normalized spacial score (nSPS) is 12.1. The zero-order valence-electron chi connectivity index (χ0n) is 14.1. The molecule has 130 valence electrons. The molecule has 0 aliphatic carbocycles. The average Bonchev–Trinajstić information content (AvgIpc) is 3.08. The number of rotatable bonds is 8. The second-order valence-electron chi connectivity index (χ2n) is 5.73. The number of hydrogen-bond acceptors (Lipinski definition) is 5. The first-order chi connectivity index (χ1) is 12.2. The lowest BCUT2D eigenvalue weighted by Gasteiger charge is -2.13. The van der Waals surface area contributed by atoms with Crippen LogP contribution in [-0.2, 0) is 18.4 Å². The van der Waals surface area contributed by atoms with E-state index in [1.165, 1.54) is 0 Å². The van der Waals surface area contributed by atoms with Crippen molar-refractivity contribution in [3.05, 3.63) is 66.5 Å². The van der Waals surface area contributed by atoms with Crippen molar-refractivity contribution in [1.82, 2.24) is 14.8 Å². The first-order valence-corrected chi connectivity index (χ1v) is 8.09. The number of aromatic nitrogens is 3. The Hall–Kier alpha value is -2.70. The van der Waals surface area contributed by atoms with E-state index >= 15 is 0 Å². The Morgan fingerprint density at radius 1 is 1.04 bits per heavy atom. The second kappa shape index (κ2) is 8.41. The minimum absolute atomic E-state index is 0.177. The van der Waals surface area contributed by atoms with Crippen LogP contribution in [0.2, 0.25) is 0 Å². The maximum Gasteiger partial charge on any atom is 0.181 e. The zero-order chi connectivity index (χ0) is 17.5. The van der Waals surface area contributed by atoms with Gasteiger partial charge in [-0.05, 0) is 29.8 Å². The van der Waals surface area contributed by atoms with Crippen LogP contribution in [0.5, 0.6) is 5.75 Å². The van der Waals surface area contributed by atoms with Crippen LogP contribution >= 0.6 is 0 Å². The summed E-state index contributed by atoms with van der Waals surface area (Å²) in [7, 11) is 1.83. The van der Waals surface area contributed by atoms with Gasteiger partial charge in [0.25, 0.3) is 0 Å². The third kappa shape index (κ3) is 5.14. The van der Waals surface area contributed by atoms with Crippen molar-refractivity contribution in [2.45, 2.75) is 12.7 Å². The Balaban J connectivity index is 1.42. The molecule has 0 radical (unpaired) electrons. The van der Waals surface area contributed by atoms with E-state index in [1.54, 1.807) is 11.0 Å². The molecule has 1 atom stereocenters. The minimum Gasteiger partial charge on any atom is -0.491 e. The molecular weight excluding hydrogens is 318 g/mol. The van der Waals surface area contributed by atoms with Gasteiger partial charge in [0.1, 0.15) is 24.8 Å². The molecule has 0 saturated heterocycles. The van der Waals surface area contributed by atoms with Crippen LogP contribution in [0.25, 0.3) is 11.4 Å². The molecule has 0 saturated carbocycles. The molecule has 25 heavy (non-hydrogen) atoms. The third-order valence-corrected chi connectivity index (χ3v) is 3.58. The molecule has 0 amide bonds. The van der Waals surface area contributed by atoms with Crippen LogP contribution in [0.4, 0.5) is 0 Å². The smallest absolute Gasteiger partial charge is 0.181 e. The fraction of sp³-hybridized carbons (Fsp3) is 0.263. The van der Waals surface area contributed by atoms with E-state index in [2.05, 4.69) is 10.1 Å². The summed E-state index contributed by atoms with van der Waals surface area (Å²) in [5.74, 6) is 1.35. The molecule has 1 heterocycles. The summed E-state index contributed by atoms with van der Waals surface area (Å²) in [5, 5.41) is 14.2. The van der Waals surface area contributed by atoms with Crippen molar-refractivity contribution < 1.29 is 14.6 Å². The Bertz CT molecular complexity index is 772.